The van der Waals surface area contributed by atoms with Crippen molar-refractivity contribution in [1.29, 1.82) is 0 Å². The van der Waals surface area contributed by atoms with E-state index in [1.807, 2.05) is 6.92 Å². The number of hydrogen-bond donors (Lipinski definition) is 1. The highest BCUT2D eigenvalue weighted by Gasteiger charge is 2.32. The molecule has 0 unspecified atom stereocenters. The summed E-state index contributed by atoms with van der Waals surface area (Å²) in [6.07, 6.45) is 2.65. The van der Waals surface area contributed by atoms with Gasteiger partial charge in [0.25, 0.3) is 0 Å². The number of carbonyl (C=O) groups excluding carboxylic acids is 1. The van der Waals surface area contributed by atoms with Crippen LogP contribution in [0.25, 0.3) is 0 Å². The van der Waals surface area contributed by atoms with Crippen molar-refractivity contribution in [3.8, 4) is 0 Å². The first-order valence-corrected chi connectivity index (χ1v) is 7.84. The summed E-state index contributed by atoms with van der Waals surface area (Å²) in [7, 11) is 0. The molecule has 23 heavy (non-hydrogen) atoms. The molecule has 1 aromatic carbocycles. The van der Waals surface area contributed by atoms with Crippen LogP contribution in [0.5, 0.6) is 0 Å². The van der Waals surface area contributed by atoms with E-state index in [0.29, 0.717) is 18.2 Å². The van der Waals surface area contributed by atoms with Crippen molar-refractivity contribution in [2.45, 2.75) is 45.2 Å². The van der Waals surface area contributed by atoms with E-state index < -0.39 is 6.04 Å². The van der Waals surface area contributed by atoms with E-state index in [2.05, 4.69) is 20.8 Å². The zero-order valence-electron chi connectivity index (χ0n) is 13.2. The lowest BCUT2D eigenvalue weighted by Crippen LogP contribution is -2.40. The molecule has 1 saturated carbocycles. The van der Waals surface area contributed by atoms with Gasteiger partial charge in [0, 0.05) is 12.5 Å². The van der Waals surface area contributed by atoms with Crippen LogP contribution in [-0.2, 0) is 11.2 Å². The molecule has 0 bridgehead atoms. The van der Waals surface area contributed by atoms with E-state index in [1.165, 1.54) is 16.8 Å². The highest BCUT2D eigenvalue weighted by Crippen LogP contribution is 2.32. The van der Waals surface area contributed by atoms with Crippen LogP contribution in [0.15, 0.2) is 24.3 Å². The molecule has 2 aromatic rings. The van der Waals surface area contributed by atoms with E-state index in [4.69, 9.17) is 0 Å². The molecule has 0 radical (unpaired) electrons. The average Bonchev–Trinajstić information content (AvgIpc) is 3.28. The van der Waals surface area contributed by atoms with Crippen LogP contribution < -0.4 is 5.32 Å². The van der Waals surface area contributed by atoms with Crippen LogP contribution in [0.2, 0.25) is 0 Å². The standard InChI is InChI=1S/C16H20FN5O/c1-10(13-6-7-13)18-16(23)15(22-11(2)19-20-21-22)9-12-4-3-5-14(17)8-12/h3-5,8,10,13,15H,6-7,9H2,1-2H3,(H,18,23)/t10-,15-/m1/s1. The van der Waals surface area contributed by atoms with Gasteiger partial charge in [0.15, 0.2) is 0 Å². The van der Waals surface area contributed by atoms with Gasteiger partial charge in [-0.25, -0.2) is 9.07 Å². The van der Waals surface area contributed by atoms with Gasteiger partial charge in [0.2, 0.25) is 5.91 Å². The highest BCUT2D eigenvalue weighted by atomic mass is 19.1. The van der Waals surface area contributed by atoms with E-state index in [9.17, 15) is 9.18 Å². The fourth-order valence-electron chi connectivity index (χ4n) is 2.74. The van der Waals surface area contributed by atoms with Crippen molar-refractivity contribution in [2.24, 2.45) is 5.92 Å². The molecule has 1 amide bonds. The summed E-state index contributed by atoms with van der Waals surface area (Å²) < 4.78 is 14.9. The molecule has 122 valence electrons. The number of hydrogen-bond acceptors (Lipinski definition) is 4. The van der Waals surface area contributed by atoms with E-state index in [0.717, 1.165) is 18.4 Å². The normalized spacial score (nSPS) is 16.8. The van der Waals surface area contributed by atoms with Crippen LogP contribution in [0.4, 0.5) is 4.39 Å². The van der Waals surface area contributed by atoms with E-state index >= 15 is 0 Å². The number of carbonyl (C=O) groups is 1. The zero-order chi connectivity index (χ0) is 16.4. The van der Waals surface area contributed by atoms with Crippen LogP contribution in [0.3, 0.4) is 0 Å². The second-order valence-electron chi connectivity index (χ2n) is 6.16. The predicted molar refractivity (Wildman–Crippen MR) is 82.0 cm³/mol. The van der Waals surface area contributed by atoms with Crippen molar-refractivity contribution in [3.63, 3.8) is 0 Å². The Morgan fingerprint density at radius 1 is 1.48 bits per heavy atom. The molecular weight excluding hydrogens is 297 g/mol. The number of amides is 1. The van der Waals surface area contributed by atoms with Crippen molar-refractivity contribution >= 4 is 5.91 Å². The van der Waals surface area contributed by atoms with Crippen molar-refractivity contribution < 1.29 is 9.18 Å². The smallest absolute Gasteiger partial charge is 0.245 e. The molecule has 1 fully saturated rings. The van der Waals surface area contributed by atoms with E-state index in [-0.39, 0.29) is 17.8 Å². The van der Waals surface area contributed by atoms with Gasteiger partial charge in [-0.2, -0.15) is 0 Å². The Morgan fingerprint density at radius 3 is 2.87 bits per heavy atom. The Bertz CT molecular complexity index is 697. The Morgan fingerprint density at radius 2 is 2.26 bits per heavy atom. The number of benzene rings is 1. The third-order valence-corrected chi connectivity index (χ3v) is 4.27. The second kappa shape index (κ2) is 6.44. The topological polar surface area (TPSA) is 72.7 Å². The minimum atomic E-state index is -0.590. The average molecular weight is 317 g/mol. The van der Waals surface area contributed by atoms with Gasteiger partial charge in [-0.05, 0) is 60.7 Å². The highest BCUT2D eigenvalue weighted by molar-refractivity contribution is 5.80. The quantitative estimate of drug-likeness (QED) is 0.882. The fourth-order valence-corrected chi connectivity index (χ4v) is 2.74. The number of nitrogens with one attached hydrogen (secondary N) is 1. The van der Waals surface area contributed by atoms with Gasteiger partial charge in [-0.1, -0.05) is 12.1 Å². The lowest BCUT2D eigenvalue weighted by atomic mass is 10.0. The Kier molecular flexibility index (Phi) is 4.36. The summed E-state index contributed by atoms with van der Waals surface area (Å²) >= 11 is 0. The first-order valence-electron chi connectivity index (χ1n) is 7.84. The largest absolute Gasteiger partial charge is 0.351 e. The lowest BCUT2D eigenvalue weighted by Gasteiger charge is -2.20. The molecule has 0 saturated heterocycles. The van der Waals surface area contributed by atoms with Crippen molar-refractivity contribution in [2.75, 3.05) is 0 Å². The summed E-state index contributed by atoms with van der Waals surface area (Å²) in [5.41, 5.74) is 0.735. The molecule has 0 aliphatic heterocycles. The molecule has 0 spiro atoms. The maximum absolute atomic E-state index is 13.4. The fraction of sp³-hybridized carbons (Fsp3) is 0.500. The van der Waals surface area contributed by atoms with Gasteiger partial charge < -0.3 is 5.32 Å². The van der Waals surface area contributed by atoms with Gasteiger partial charge in [0.05, 0.1) is 0 Å². The number of halogens is 1. The summed E-state index contributed by atoms with van der Waals surface area (Å²) in [5.74, 6) is 0.662. The molecule has 2 atom stereocenters. The first-order chi connectivity index (χ1) is 11.0. The Hall–Kier alpha value is -2.31. The molecule has 1 aliphatic rings. The van der Waals surface area contributed by atoms with Gasteiger partial charge in [-0.3, -0.25) is 4.79 Å². The molecule has 6 nitrogen and oxygen atoms in total. The number of nitrogens with zero attached hydrogens (tertiary/aromatic N) is 4. The summed E-state index contributed by atoms with van der Waals surface area (Å²) in [6, 6.07) is 5.80. The molecule has 1 aromatic heterocycles. The van der Waals surface area contributed by atoms with Crippen LogP contribution >= 0.6 is 0 Å². The van der Waals surface area contributed by atoms with Gasteiger partial charge >= 0.3 is 0 Å². The lowest BCUT2D eigenvalue weighted by molar-refractivity contribution is -0.125. The van der Waals surface area contributed by atoms with Gasteiger partial charge in [-0.15, -0.1) is 5.10 Å². The third-order valence-electron chi connectivity index (χ3n) is 4.27. The van der Waals surface area contributed by atoms with Crippen LogP contribution in [0, 0.1) is 18.7 Å². The number of rotatable bonds is 6. The van der Waals surface area contributed by atoms with Crippen LogP contribution in [0.1, 0.15) is 37.2 Å². The molecular formula is C16H20FN5O. The third kappa shape index (κ3) is 3.72. The van der Waals surface area contributed by atoms with Gasteiger partial charge in [0.1, 0.15) is 17.7 Å². The van der Waals surface area contributed by atoms with Crippen molar-refractivity contribution in [3.05, 3.63) is 41.5 Å². The summed E-state index contributed by atoms with van der Waals surface area (Å²) in [5, 5.41) is 14.4. The monoisotopic (exact) mass is 317 g/mol. The SMILES string of the molecule is Cc1nnnn1[C@H](Cc1cccc(F)c1)C(=O)N[C@H](C)C1CC1. The number of aromatic nitrogens is 4. The molecule has 3 rings (SSSR count). The molecule has 7 heteroatoms. The Balaban J connectivity index is 1.81. The second-order valence-corrected chi connectivity index (χ2v) is 6.16. The summed E-state index contributed by atoms with van der Waals surface area (Å²) in [6.45, 7) is 3.76. The molecule has 1 heterocycles. The van der Waals surface area contributed by atoms with Crippen LogP contribution in [-0.4, -0.2) is 32.2 Å². The first kappa shape index (κ1) is 15.6. The number of tetrazole rings is 1. The molecule has 1 aliphatic carbocycles. The van der Waals surface area contributed by atoms with Crippen molar-refractivity contribution in [1.82, 2.24) is 25.5 Å². The molecule has 1 N–H and O–H groups in total. The number of aryl methyl sites for hydroxylation is 1. The minimum Gasteiger partial charge on any atom is -0.351 e. The predicted octanol–water partition coefficient (Wildman–Crippen LogP) is 1.82. The maximum atomic E-state index is 13.4. The minimum absolute atomic E-state index is 0.134. The Labute approximate surface area is 134 Å². The zero-order valence-corrected chi connectivity index (χ0v) is 13.2. The summed E-state index contributed by atoms with van der Waals surface area (Å²) in [4.78, 5) is 12.7. The van der Waals surface area contributed by atoms with E-state index in [1.54, 1.807) is 19.1 Å². The maximum Gasteiger partial charge on any atom is 0.245 e.